The molecule has 4 heteroatoms. The van der Waals surface area contributed by atoms with Crippen molar-refractivity contribution >= 4 is 5.91 Å². The fourth-order valence-electron chi connectivity index (χ4n) is 2.76. The van der Waals surface area contributed by atoms with Gasteiger partial charge in [0.1, 0.15) is 5.82 Å². The van der Waals surface area contributed by atoms with E-state index in [4.69, 9.17) is 0 Å². The topological polar surface area (TPSA) is 23.6 Å². The maximum absolute atomic E-state index is 13.9. The molecule has 1 aromatic rings. The zero-order valence-corrected chi connectivity index (χ0v) is 11.9. The molecule has 0 radical (unpaired) electrons. The van der Waals surface area contributed by atoms with Crippen LogP contribution in [0, 0.1) is 18.7 Å². The summed E-state index contributed by atoms with van der Waals surface area (Å²) in [5.74, 6) is 0.302. The van der Waals surface area contributed by atoms with Crippen molar-refractivity contribution in [3.05, 3.63) is 35.1 Å². The van der Waals surface area contributed by atoms with Crippen LogP contribution in [0.15, 0.2) is 18.2 Å². The van der Waals surface area contributed by atoms with Crippen LogP contribution < -0.4 is 0 Å². The Kier molecular flexibility index (Phi) is 3.74. The molecule has 2 fully saturated rings. The second-order valence-corrected chi connectivity index (χ2v) is 6.02. The Morgan fingerprint density at radius 1 is 1.25 bits per heavy atom. The van der Waals surface area contributed by atoms with Gasteiger partial charge in [0.25, 0.3) is 5.91 Å². The molecule has 1 aromatic carbocycles. The fourth-order valence-corrected chi connectivity index (χ4v) is 2.76. The molecule has 1 aliphatic carbocycles. The third kappa shape index (κ3) is 3.01. The number of nitrogens with zero attached hydrogens (tertiary/aromatic N) is 2. The van der Waals surface area contributed by atoms with E-state index in [9.17, 15) is 9.18 Å². The van der Waals surface area contributed by atoms with E-state index in [1.807, 2.05) is 6.92 Å². The average molecular weight is 276 g/mol. The Hall–Kier alpha value is -1.42. The summed E-state index contributed by atoms with van der Waals surface area (Å²) in [6.07, 6.45) is 2.71. The van der Waals surface area contributed by atoms with Gasteiger partial charge in [-0.15, -0.1) is 0 Å². The Morgan fingerprint density at radius 2 is 1.95 bits per heavy atom. The van der Waals surface area contributed by atoms with Gasteiger partial charge in [-0.2, -0.15) is 0 Å². The first-order valence-electron chi connectivity index (χ1n) is 7.41. The number of carbonyl (C=O) groups is 1. The van der Waals surface area contributed by atoms with Crippen molar-refractivity contribution in [2.24, 2.45) is 5.92 Å². The van der Waals surface area contributed by atoms with Crippen LogP contribution in [0.3, 0.4) is 0 Å². The van der Waals surface area contributed by atoms with E-state index < -0.39 is 5.82 Å². The molecule has 20 heavy (non-hydrogen) atoms. The number of hydrogen-bond acceptors (Lipinski definition) is 2. The van der Waals surface area contributed by atoms with Crippen molar-refractivity contribution in [2.75, 3.05) is 32.7 Å². The molecule has 1 heterocycles. The molecule has 1 saturated heterocycles. The minimum atomic E-state index is -0.407. The highest BCUT2D eigenvalue weighted by atomic mass is 19.1. The number of carbonyl (C=O) groups excluding carboxylic acids is 1. The molecule has 0 spiro atoms. The Labute approximate surface area is 119 Å². The molecular weight excluding hydrogens is 255 g/mol. The average Bonchev–Trinajstić information content (AvgIpc) is 3.23. The van der Waals surface area contributed by atoms with Gasteiger partial charge in [-0.05, 0) is 43.4 Å². The first-order chi connectivity index (χ1) is 9.63. The van der Waals surface area contributed by atoms with E-state index in [0.717, 1.165) is 24.6 Å². The lowest BCUT2D eigenvalue weighted by Crippen LogP contribution is -2.49. The fraction of sp³-hybridized carbons (Fsp3) is 0.562. The van der Waals surface area contributed by atoms with Crippen LogP contribution in [-0.2, 0) is 0 Å². The highest BCUT2D eigenvalue weighted by molar-refractivity contribution is 5.94. The highest BCUT2D eigenvalue weighted by Gasteiger charge is 2.28. The lowest BCUT2D eigenvalue weighted by Gasteiger charge is -2.34. The first-order valence-corrected chi connectivity index (χ1v) is 7.41. The predicted molar refractivity (Wildman–Crippen MR) is 76.2 cm³/mol. The monoisotopic (exact) mass is 276 g/mol. The summed E-state index contributed by atoms with van der Waals surface area (Å²) in [6.45, 7) is 6.23. The lowest BCUT2D eigenvalue weighted by atomic mass is 10.1. The summed E-state index contributed by atoms with van der Waals surface area (Å²) >= 11 is 0. The quantitative estimate of drug-likeness (QED) is 0.846. The summed E-state index contributed by atoms with van der Waals surface area (Å²) in [4.78, 5) is 16.5. The van der Waals surface area contributed by atoms with E-state index in [1.165, 1.54) is 25.5 Å². The summed E-state index contributed by atoms with van der Waals surface area (Å²) < 4.78 is 13.9. The molecule has 1 amide bonds. The second-order valence-electron chi connectivity index (χ2n) is 6.02. The van der Waals surface area contributed by atoms with Gasteiger partial charge in [0.05, 0.1) is 5.56 Å². The van der Waals surface area contributed by atoms with Gasteiger partial charge in [0.15, 0.2) is 0 Å². The van der Waals surface area contributed by atoms with Crippen LogP contribution in [0.4, 0.5) is 4.39 Å². The first kappa shape index (κ1) is 13.6. The number of piperazine rings is 1. The lowest BCUT2D eigenvalue weighted by molar-refractivity contribution is 0.0627. The Bertz CT molecular complexity index is 505. The summed E-state index contributed by atoms with van der Waals surface area (Å²) in [7, 11) is 0. The van der Waals surface area contributed by atoms with Gasteiger partial charge < -0.3 is 4.90 Å². The molecule has 0 N–H and O–H groups in total. The van der Waals surface area contributed by atoms with Gasteiger partial charge in [0.2, 0.25) is 0 Å². The van der Waals surface area contributed by atoms with Crippen molar-refractivity contribution in [3.63, 3.8) is 0 Å². The molecule has 0 atom stereocenters. The standard InChI is InChI=1S/C16H21FN2O/c1-12-2-5-14(15(17)10-12)16(20)19-8-6-18(7-9-19)11-13-3-4-13/h2,5,10,13H,3-4,6-9,11H2,1H3. The van der Waals surface area contributed by atoms with Gasteiger partial charge in [-0.3, -0.25) is 9.69 Å². The summed E-state index contributed by atoms with van der Waals surface area (Å²) in [6, 6.07) is 4.82. The smallest absolute Gasteiger partial charge is 0.256 e. The molecule has 3 rings (SSSR count). The van der Waals surface area contributed by atoms with Crippen molar-refractivity contribution in [1.29, 1.82) is 0 Å². The van der Waals surface area contributed by atoms with Crippen molar-refractivity contribution in [2.45, 2.75) is 19.8 Å². The van der Waals surface area contributed by atoms with Crippen LogP contribution in [0.1, 0.15) is 28.8 Å². The second kappa shape index (κ2) is 5.52. The van der Waals surface area contributed by atoms with Crippen LogP contribution >= 0.6 is 0 Å². The van der Waals surface area contributed by atoms with Crippen LogP contribution in [-0.4, -0.2) is 48.4 Å². The normalized spacial score (nSPS) is 20.2. The molecule has 2 aliphatic rings. The van der Waals surface area contributed by atoms with Crippen LogP contribution in [0.2, 0.25) is 0 Å². The molecular formula is C16H21FN2O. The SMILES string of the molecule is Cc1ccc(C(=O)N2CCN(CC3CC3)CC2)c(F)c1. The van der Waals surface area contributed by atoms with Crippen molar-refractivity contribution in [1.82, 2.24) is 9.80 Å². The molecule has 0 bridgehead atoms. The van der Waals surface area contributed by atoms with Crippen LogP contribution in [0.25, 0.3) is 0 Å². The predicted octanol–water partition coefficient (Wildman–Crippen LogP) is 2.30. The largest absolute Gasteiger partial charge is 0.336 e. The van der Waals surface area contributed by atoms with E-state index in [-0.39, 0.29) is 11.5 Å². The zero-order valence-electron chi connectivity index (χ0n) is 11.9. The Morgan fingerprint density at radius 3 is 2.55 bits per heavy atom. The van der Waals surface area contributed by atoms with Crippen molar-refractivity contribution < 1.29 is 9.18 Å². The number of amides is 1. The molecule has 1 aliphatic heterocycles. The minimum absolute atomic E-state index is 0.173. The molecule has 3 nitrogen and oxygen atoms in total. The summed E-state index contributed by atoms with van der Waals surface area (Å²) in [5.41, 5.74) is 1.04. The van der Waals surface area contributed by atoms with E-state index >= 15 is 0 Å². The number of hydrogen-bond donors (Lipinski definition) is 0. The molecule has 108 valence electrons. The van der Waals surface area contributed by atoms with Gasteiger partial charge in [0, 0.05) is 32.7 Å². The highest BCUT2D eigenvalue weighted by Crippen LogP contribution is 2.30. The third-order valence-corrected chi connectivity index (χ3v) is 4.23. The Balaban J connectivity index is 1.60. The van der Waals surface area contributed by atoms with Gasteiger partial charge >= 0.3 is 0 Å². The molecule has 0 aromatic heterocycles. The summed E-state index contributed by atoms with van der Waals surface area (Å²) in [5, 5.41) is 0. The number of rotatable bonds is 3. The minimum Gasteiger partial charge on any atom is -0.336 e. The maximum atomic E-state index is 13.9. The van der Waals surface area contributed by atoms with Gasteiger partial charge in [-0.1, -0.05) is 6.07 Å². The molecule has 0 unspecified atom stereocenters. The van der Waals surface area contributed by atoms with E-state index in [1.54, 1.807) is 17.0 Å². The zero-order chi connectivity index (χ0) is 14.1. The van der Waals surface area contributed by atoms with E-state index in [0.29, 0.717) is 13.1 Å². The number of halogens is 1. The number of aryl methyl sites for hydroxylation is 1. The van der Waals surface area contributed by atoms with Crippen molar-refractivity contribution in [3.8, 4) is 0 Å². The third-order valence-electron chi connectivity index (χ3n) is 4.23. The van der Waals surface area contributed by atoms with Crippen LogP contribution in [0.5, 0.6) is 0 Å². The van der Waals surface area contributed by atoms with Gasteiger partial charge in [-0.25, -0.2) is 4.39 Å². The maximum Gasteiger partial charge on any atom is 0.256 e. The number of benzene rings is 1. The molecule has 1 saturated carbocycles. The van der Waals surface area contributed by atoms with E-state index in [2.05, 4.69) is 4.90 Å².